The summed E-state index contributed by atoms with van der Waals surface area (Å²) in [6.07, 6.45) is 5.82. The molecule has 5 heteroatoms. The lowest BCUT2D eigenvalue weighted by atomic mass is 10.1. The molecular formula is C21H34N4O. The minimum absolute atomic E-state index is 0.160. The first-order chi connectivity index (χ1) is 12.7. The number of hydrogen-bond acceptors (Lipinski definition) is 2. The molecule has 0 radical (unpaired) electrons. The molecule has 1 aliphatic rings. The first kappa shape index (κ1) is 20.3. The first-order valence-electron chi connectivity index (χ1n) is 10.0. The van der Waals surface area contributed by atoms with E-state index in [2.05, 4.69) is 31.1 Å². The van der Waals surface area contributed by atoms with E-state index in [0.717, 1.165) is 62.5 Å². The van der Waals surface area contributed by atoms with E-state index in [0.29, 0.717) is 6.54 Å². The summed E-state index contributed by atoms with van der Waals surface area (Å²) in [4.78, 5) is 21.4. The van der Waals surface area contributed by atoms with Crippen molar-refractivity contribution in [3.8, 4) is 0 Å². The molecule has 26 heavy (non-hydrogen) atoms. The number of rotatable bonds is 7. The Kier molecular flexibility index (Phi) is 8.45. The zero-order chi connectivity index (χ0) is 18.8. The molecule has 0 saturated carbocycles. The van der Waals surface area contributed by atoms with E-state index in [4.69, 9.17) is 4.99 Å². The number of benzene rings is 1. The molecule has 0 atom stereocenters. The Bertz CT molecular complexity index is 576. The Morgan fingerprint density at radius 3 is 2.46 bits per heavy atom. The Morgan fingerprint density at radius 1 is 1.15 bits per heavy atom. The average molecular weight is 359 g/mol. The van der Waals surface area contributed by atoms with Gasteiger partial charge in [-0.25, -0.2) is 4.99 Å². The molecule has 1 N–H and O–H groups in total. The van der Waals surface area contributed by atoms with Gasteiger partial charge in [0.1, 0.15) is 0 Å². The van der Waals surface area contributed by atoms with Crippen molar-refractivity contribution in [2.45, 2.75) is 52.5 Å². The van der Waals surface area contributed by atoms with E-state index >= 15 is 0 Å². The van der Waals surface area contributed by atoms with Gasteiger partial charge in [0.05, 0.1) is 6.54 Å². The zero-order valence-electron chi connectivity index (χ0n) is 16.6. The molecule has 1 saturated heterocycles. The summed E-state index contributed by atoms with van der Waals surface area (Å²) in [5, 5.41) is 3.35. The number of guanidine groups is 1. The van der Waals surface area contributed by atoms with Crippen molar-refractivity contribution in [3.05, 3.63) is 35.4 Å². The summed E-state index contributed by atoms with van der Waals surface area (Å²) in [6.45, 7) is 8.55. The maximum Gasteiger partial charge on any atom is 0.253 e. The largest absolute Gasteiger partial charge is 0.357 e. The van der Waals surface area contributed by atoms with Gasteiger partial charge in [0.15, 0.2) is 5.96 Å². The van der Waals surface area contributed by atoms with Gasteiger partial charge in [0, 0.05) is 38.8 Å². The summed E-state index contributed by atoms with van der Waals surface area (Å²) in [5.74, 6) is 1.10. The molecule has 1 amide bonds. The van der Waals surface area contributed by atoms with Crippen LogP contribution in [0.1, 0.15) is 61.9 Å². The van der Waals surface area contributed by atoms with E-state index in [1.54, 1.807) is 0 Å². The summed E-state index contributed by atoms with van der Waals surface area (Å²) < 4.78 is 0. The van der Waals surface area contributed by atoms with Gasteiger partial charge in [-0.2, -0.15) is 0 Å². The van der Waals surface area contributed by atoms with Crippen molar-refractivity contribution in [2.75, 3.05) is 33.2 Å². The van der Waals surface area contributed by atoms with Crippen LogP contribution in [0.2, 0.25) is 0 Å². The molecule has 1 fully saturated rings. The minimum atomic E-state index is 0.160. The third kappa shape index (κ3) is 6.04. The van der Waals surface area contributed by atoms with Gasteiger partial charge in [0.2, 0.25) is 0 Å². The maximum atomic E-state index is 12.5. The second-order valence-electron chi connectivity index (χ2n) is 7.00. The van der Waals surface area contributed by atoms with Crippen molar-refractivity contribution >= 4 is 11.9 Å². The van der Waals surface area contributed by atoms with Crippen molar-refractivity contribution in [3.63, 3.8) is 0 Å². The molecule has 1 aromatic rings. The molecular weight excluding hydrogens is 324 g/mol. The molecule has 1 aliphatic heterocycles. The molecule has 0 spiro atoms. The zero-order valence-corrected chi connectivity index (χ0v) is 16.6. The van der Waals surface area contributed by atoms with E-state index in [1.807, 2.05) is 29.2 Å². The number of carbonyl (C=O) groups is 1. The van der Waals surface area contributed by atoms with Crippen LogP contribution in [0, 0.1) is 0 Å². The van der Waals surface area contributed by atoms with Gasteiger partial charge in [-0.3, -0.25) is 4.79 Å². The number of amides is 1. The number of unbranched alkanes of at least 4 members (excludes halogenated alkanes) is 1. The fourth-order valence-electron chi connectivity index (χ4n) is 3.17. The van der Waals surface area contributed by atoms with Gasteiger partial charge in [-0.05, 0) is 50.3 Å². The fourth-order valence-corrected chi connectivity index (χ4v) is 3.17. The molecule has 2 rings (SSSR count). The monoisotopic (exact) mass is 358 g/mol. The highest BCUT2D eigenvalue weighted by Gasteiger charge is 2.17. The topological polar surface area (TPSA) is 47.9 Å². The maximum absolute atomic E-state index is 12.5. The fraction of sp³-hybridized carbons (Fsp3) is 0.619. The number of nitrogens with zero attached hydrogens (tertiary/aromatic N) is 3. The van der Waals surface area contributed by atoms with Crippen LogP contribution in [-0.2, 0) is 6.54 Å². The predicted molar refractivity (Wildman–Crippen MR) is 109 cm³/mol. The van der Waals surface area contributed by atoms with E-state index in [1.165, 1.54) is 12.8 Å². The van der Waals surface area contributed by atoms with Crippen LogP contribution >= 0.6 is 0 Å². The van der Waals surface area contributed by atoms with Crippen LogP contribution in [-0.4, -0.2) is 54.9 Å². The van der Waals surface area contributed by atoms with Gasteiger partial charge in [0.25, 0.3) is 5.91 Å². The summed E-state index contributed by atoms with van der Waals surface area (Å²) in [6, 6.07) is 7.93. The number of aliphatic imine (C=N–C) groups is 1. The summed E-state index contributed by atoms with van der Waals surface area (Å²) in [5.41, 5.74) is 1.91. The Morgan fingerprint density at radius 2 is 1.85 bits per heavy atom. The minimum Gasteiger partial charge on any atom is -0.357 e. The van der Waals surface area contributed by atoms with Crippen LogP contribution in [0.25, 0.3) is 0 Å². The van der Waals surface area contributed by atoms with Crippen LogP contribution in [0.3, 0.4) is 0 Å². The number of hydrogen-bond donors (Lipinski definition) is 1. The van der Waals surface area contributed by atoms with Crippen LogP contribution in [0.5, 0.6) is 0 Å². The standard InChI is InChI=1S/C21H34N4O/c1-4-6-14-24(3)21(22-5-2)23-17-18-10-12-19(13-11-18)20(26)25-15-8-7-9-16-25/h10-13H,4-9,14-17H2,1-3H3,(H,22,23). The highest BCUT2D eigenvalue weighted by Crippen LogP contribution is 2.14. The average Bonchev–Trinajstić information content (AvgIpc) is 2.69. The number of piperidine rings is 1. The second kappa shape index (κ2) is 10.8. The van der Waals surface area contributed by atoms with E-state index in [-0.39, 0.29) is 5.91 Å². The normalized spacial score (nSPS) is 15.0. The Hall–Kier alpha value is -2.04. The first-order valence-corrected chi connectivity index (χ1v) is 10.0. The van der Waals surface area contributed by atoms with E-state index in [9.17, 15) is 4.79 Å². The smallest absolute Gasteiger partial charge is 0.253 e. The lowest BCUT2D eigenvalue weighted by Gasteiger charge is -2.26. The lowest BCUT2D eigenvalue weighted by Crippen LogP contribution is -2.39. The SMILES string of the molecule is CCCCN(C)C(=NCc1ccc(C(=O)N2CCCCC2)cc1)NCC. The molecule has 0 unspecified atom stereocenters. The molecule has 1 aromatic carbocycles. The number of likely N-dealkylation sites (tertiary alicyclic amines) is 1. The van der Waals surface area contributed by atoms with Crippen molar-refractivity contribution < 1.29 is 4.79 Å². The predicted octanol–water partition coefficient (Wildman–Crippen LogP) is 3.51. The number of nitrogens with one attached hydrogen (secondary N) is 1. The second-order valence-corrected chi connectivity index (χ2v) is 7.00. The van der Waals surface area contributed by atoms with Gasteiger partial charge in [-0.15, -0.1) is 0 Å². The highest BCUT2D eigenvalue weighted by atomic mass is 16.2. The third-order valence-electron chi connectivity index (χ3n) is 4.80. The molecule has 0 bridgehead atoms. The molecule has 1 heterocycles. The van der Waals surface area contributed by atoms with Crippen LogP contribution < -0.4 is 5.32 Å². The van der Waals surface area contributed by atoms with E-state index < -0.39 is 0 Å². The molecule has 144 valence electrons. The van der Waals surface area contributed by atoms with Gasteiger partial charge in [-0.1, -0.05) is 25.5 Å². The molecule has 0 aliphatic carbocycles. The van der Waals surface area contributed by atoms with Crippen molar-refractivity contribution in [1.82, 2.24) is 15.1 Å². The molecule has 5 nitrogen and oxygen atoms in total. The number of carbonyl (C=O) groups excluding carboxylic acids is 1. The van der Waals surface area contributed by atoms with Crippen molar-refractivity contribution in [2.24, 2.45) is 4.99 Å². The Labute approximate surface area is 158 Å². The van der Waals surface area contributed by atoms with Crippen LogP contribution in [0.15, 0.2) is 29.3 Å². The Balaban J connectivity index is 1.96. The third-order valence-corrected chi connectivity index (χ3v) is 4.80. The van der Waals surface area contributed by atoms with Gasteiger partial charge < -0.3 is 15.1 Å². The highest BCUT2D eigenvalue weighted by molar-refractivity contribution is 5.94. The lowest BCUT2D eigenvalue weighted by molar-refractivity contribution is 0.0724. The summed E-state index contributed by atoms with van der Waals surface area (Å²) >= 11 is 0. The quantitative estimate of drug-likeness (QED) is 0.599. The van der Waals surface area contributed by atoms with Gasteiger partial charge >= 0.3 is 0 Å². The molecule has 0 aromatic heterocycles. The van der Waals surface area contributed by atoms with Crippen molar-refractivity contribution in [1.29, 1.82) is 0 Å². The summed E-state index contributed by atoms with van der Waals surface area (Å²) in [7, 11) is 2.08. The van der Waals surface area contributed by atoms with Crippen LogP contribution in [0.4, 0.5) is 0 Å².